The molecule has 2 fully saturated rings. The second kappa shape index (κ2) is 6.57. The van der Waals surface area contributed by atoms with E-state index in [1.54, 1.807) is 11.0 Å². The molecule has 2 aromatic rings. The van der Waals surface area contributed by atoms with Gasteiger partial charge in [0, 0.05) is 25.5 Å². The standard InChI is InChI=1S/C20H22N4O3/c1-2-9-20-13-24(12-15(20)17(25)21-19(27)22-20)18(26)14-7-3-4-8-16(14)23-10-5-6-11-23/h3-8,10-11,15H,2,9,12-13H2,1H3,(H2,21,22,25,27). The Morgan fingerprint density at radius 3 is 2.67 bits per heavy atom. The van der Waals surface area contributed by atoms with Gasteiger partial charge in [0.05, 0.1) is 22.7 Å². The second-order valence-electron chi connectivity index (χ2n) is 7.20. The number of amides is 4. The van der Waals surface area contributed by atoms with Crippen molar-refractivity contribution in [3.05, 3.63) is 54.4 Å². The number of likely N-dealkylation sites (tertiary alicyclic amines) is 1. The van der Waals surface area contributed by atoms with Crippen LogP contribution in [-0.2, 0) is 4.79 Å². The van der Waals surface area contributed by atoms with E-state index in [1.165, 1.54) is 0 Å². The smallest absolute Gasteiger partial charge is 0.321 e. The Kier molecular flexibility index (Phi) is 4.22. The normalized spacial score (nSPS) is 24.3. The summed E-state index contributed by atoms with van der Waals surface area (Å²) in [6, 6.07) is 10.7. The summed E-state index contributed by atoms with van der Waals surface area (Å²) < 4.78 is 1.90. The summed E-state index contributed by atoms with van der Waals surface area (Å²) >= 11 is 0. The van der Waals surface area contributed by atoms with Crippen molar-refractivity contribution in [2.75, 3.05) is 13.1 Å². The molecule has 7 nitrogen and oxygen atoms in total. The second-order valence-corrected chi connectivity index (χ2v) is 7.20. The first-order valence-electron chi connectivity index (χ1n) is 9.19. The molecular formula is C20H22N4O3. The fraction of sp³-hybridized carbons (Fsp3) is 0.350. The molecule has 2 aliphatic rings. The van der Waals surface area contributed by atoms with Crippen molar-refractivity contribution < 1.29 is 14.4 Å². The SMILES string of the molecule is CCCC12CN(C(=O)c3ccccc3-n3cccc3)CC1C(=O)NC(=O)N2. The van der Waals surface area contributed by atoms with Gasteiger partial charge >= 0.3 is 6.03 Å². The number of urea groups is 1. The van der Waals surface area contributed by atoms with Gasteiger partial charge < -0.3 is 14.8 Å². The van der Waals surface area contributed by atoms with Gasteiger partial charge in [-0.05, 0) is 30.7 Å². The van der Waals surface area contributed by atoms with Gasteiger partial charge in [0.2, 0.25) is 5.91 Å². The minimum atomic E-state index is -0.688. The topological polar surface area (TPSA) is 83.4 Å². The molecule has 2 saturated heterocycles. The molecule has 2 unspecified atom stereocenters. The summed E-state index contributed by atoms with van der Waals surface area (Å²) in [7, 11) is 0. The molecule has 4 amide bonds. The molecule has 0 radical (unpaired) electrons. The van der Waals surface area contributed by atoms with Crippen molar-refractivity contribution in [2.24, 2.45) is 5.92 Å². The van der Waals surface area contributed by atoms with Gasteiger partial charge in [0.1, 0.15) is 0 Å². The monoisotopic (exact) mass is 366 g/mol. The first-order chi connectivity index (χ1) is 13.0. The van der Waals surface area contributed by atoms with Crippen LogP contribution in [0, 0.1) is 5.92 Å². The van der Waals surface area contributed by atoms with Crippen molar-refractivity contribution in [1.29, 1.82) is 0 Å². The van der Waals surface area contributed by atoms with E-state index in [1.807, 2.05) is 54.2 Å². The summed E-state index contributed by atoms with van der Waals surface area (Å²) in [6.45, 7) is 2.64. The Bertz CT molecular complexity index is 892. The lowest BCUT2D eigenvalue weighted by atomic mass is 9.81. The number of benzene rings is 1. The van der Waals surface area contributed by atoms with Gasteiger partial charge in [-0.3, -0.25) is 14.9 Å². The van der Waals surface area contributed by atoms with Crippen molar-refractivity contribution >= 4 is 17.8 Å². The maximum Gasteiger partial charge on any atom is 0.321 e. The third-order valence-electron chi connectivity index (χ3n) is 5.46. The highest BCUT2D eigenvalue weighted by Crippen LogP contribution is 2.35. The van der Waals surface area contributed by atoms with Gasteiger partial charge in [-0.2, -0.15) is 0 Å². The zero-order valence-corrected chi connectivity index (χ0v) is 15.1. The molecule has 3 heterocycles. The highest BCUT2D eigenvalue weighted by atomic mass is 16.2. The summed E-state index contributed by atoms with van der Waals surface area (Å²) in [4.78, 5) is 39.3. The average molecular weight is 366 g/mol. The number of carbonyl (C=O) groups is 3. The van der Waals surface area contributed by atoms with E-state index in [-0.39, 0.29) is 11.8 Å². The number of carbonyl (C=O) groups excluding carboxylic acids is 3. The summed E-state index contributed by atoms with van der Waals surface area (Å²) in [5, 5.41) is 5.27. The number of nitrogens with zero attached hydrogens (tertiary/aromatic N) is 2. The number of fused-ring (bicyclic) bond motifs is 1. The van der Waals surface area contributed by atoms with Crippen LogP contribution in [-0.4, -0.2) is 45.9 Å². The highest BCUT2D eigenvalue weighted by Gasteiger charge is 2.54. The summed E-state index contributed by atoms with van der Waals surface area (Å²) in [5.41, 5.74) is 0.679. The van der Waals surface area contributed by atoms with E-state index in [0.717, 1.165) is 12.1 Å². The molecule has 7 heteroatoms. The fourth-order valence-electron chi connectivity index (χ4n) is 4.29. The fourth-order valence-corrected chi connectivity index (χ4v) is 4.29. The van der Waals surface area contributed by atoms with E-state index in [0.29, 0.717) is 25.1 Å². The van der Waals surface area contributed by atoms with E-state index in [4.69, 9.17) is 0 Å². The number of rotatable bonds is 4. The van der Waals surface area contributed by atoms with Crippen LogP contribution in [0.4, 0.5) is 4.79 Å². The number of aromatic nitrogens is 1. The minimum Gasteiger partial charge on any atom is -0.335 e. The Hall–Kier alpha value is -3.09. The van der Waals surface area contributed by atoms with Crippen LogP contribution in [0.3, 0.4) is 0 Å². The van der Waals surface area contributed by atoms with Gasteiger partial charge in [-0.25, -0.2) is 4.79 Å². The van der Waals surface area contributed by atoms with Crippen LogP contribution >= 0.6 is 0 Å². The van der Waals surface area contributed by atoms with E-state index >= 15 is 0 Å². The molecule has 0 saturated carbocycles. The number of hydrogen-bond acceptors (Lipinski definition) is 3. The Balaban J connectivity index is 1.67. The third-order valence-corrected chi connectivity index (χ3v) is 5.46. The van der Waals surface area contributed by atoms with Gasteiger partial charge in [0.25, 0.3) is 5.91 Å². The molecule has 4 rings (SSSR count). The molecule has 2 atom stereocenters. The number of para-hydroxylation sites is 1. The highest BCUT2D eigenvalue weighted by molar-refractivity contribution is 6.02. The quantitative estimate of drug-likeness (QED) is 0.867. The van der Waals surface area contributed by atoms with E-state index in [9.17, 15) is 14.4 Å². The number of nitrogens with one attached hydrogen (secondary N) is 2. The zero-order valence-electron chi connectivity index (χ0n) is 15.1. The first-order valence-corrected chi connectivity index (χ1v) is 9.19. The molecule has 0 aliphatic carbocycles. The van der Waals surface area contributed by atoms with E-state index < -0.39 is 17.5 Å². The molecule has 1 aromatic heterocycles. The Morgan fingerprint density at radius 1 is 1.19 bits per heavy atom. The molecule has 1 aromatic carbocycles. The van der Waals surface area contributed by atoms with Crippen LogP contribution < -0.4 is 10.6 Å². The lowest BCUT2D eigenvalue weighted by Crippen LogP contribution is -2.66. The number of imide groups is 1. The van der Waals surface area contributed by atoms with Crippen molar-refractivity contribution in [3.8, 4) is 5.69 Å². The van der Waals surface area contributed by atoms with Crippen LogP contribution in [0.1, 0.15) is 30.1 Å². The predicted octanol–water partition coefficient (Wildman–Crippen LogP) is 1.93. The average Bonchev–Trinajstić information content (AvgIpc) is 3.29. The summed E-state index contributed by atoms with van der Waals surface area (Å²) in [5.74, 6) is -0.870. The first kappa shape index (κ1) is 17.3. The molecule has 2 N–H and O–H groups in total. The van der Waals surface area contributed by atoms with Crippen molar-refractivity contribution in [3.63, 3.8) is 0 Å². The summed E-state index contributed by atoms with van der Waals surface area (Å²) in [6.07, 6.45) is 5.25. The molecule has 140 valence electrons. The molecular weight excluding hydrogens is 344 g/mol. The van der Waals surface area contributed by atoms with Gasteiger partial charge in [0.15, 0.2) is 0 Å². The Labute approximate surface area is 157 Å². The minimum absolute atomic E-state index is 0.133. The van der Waals surface area contributed by atoms with E-state index in [2.05, 4.69) is 10.6 Å². The number of hydrogen-bond donors (Lipinski definition) is 2. The maximum atomic E-state index is 13.3. The Morgan fingerprint density at radius 2 is 1.93 bits per heavy atom. The van der Waals surface area contributed by atoms with Crippen molar-refractivity contribution in [2.45, 2.75) is 25.3 Å². The van der Waals surface area contributed by atoms with Crippen LogP contribution in [0.5, 0.6) is 0 Å². The predicted molar refractivity (Wildman–Crippen MR) is 99.5 cm³/mol. The molecule has 2 aliphatic heterocycles. The molecule has 0 spiro atoms. The third kappa shape index (κ3) is 2.89. The molecule has 0 bridgehead atoms. The largest absolute Gasteiger partial charge is 0.335 e. The zero-order chi connectivity index (χ0) is 19.0. The van der Waals surface area contributed by atoms with Crippen molar-refractivity contribution in [1.82, 2.24) is 20.1 Å². The van der Waals surface area contributed by atoms with Gasteiger partial charge in [-0.1, -0.05) is 25.5 Å². The lowest BCUT2D eigenvalue weighted by Gasteiger charge is -2.38. The van der Waals surface area contributed by atoms with Crippen LogP contribution in [0.25, 0.3) is 5.69 Å². The van der Waals surface area contributed by atoms with Crippen LogP contribution in [0.15, 0.2) is 48.8 Å². The maximum absolute atomic E-state index is 13.3. The van der Waals surface area contributed by atoms with Gasteiger partial charge in [-0.15, -0.1) is 0 Å². The lowest BCUT2D eigenvalue weighted by molar-refractivity contribution is -0.126. The van der Waals surface area contributed by atoms with Crippen LogP contribution in [0.2, 0.25) is 0 Å². The molecule has 27 heavy (non-hydrogen) atoms.